The summed E-state index contributed by atoms with van der Waals surface area (Å²) in [6.45, 7) is 0. The van der Waals surface area contributed by atoms with Gasteiger partial charge in [0.05, 0.1) is 6.10 Å². The number of thiol groups is 1. The second kappa shape index (κ2) is 5.61. The second-order valence-corrected chi connectivity index (χ2v) is 4.18. The van der Waals surface area contributed by atoms with E-state index >= 15 is 0 Å². The smallest absolute Gasteiger partial charge is 0.107 e. The molecule has 0 aliphatic rings. The van der Waals surface area contributed by atoms with Gasteiger partial charge in [-0.3, -0.25) is 0 Å². The molecule has 2 unspecified atom stereocenters. The van der Waals surface area contributed by atoms with E-state index in [1.807, 2.05) is 0 Å². The predicted molar refractivity (Wildman–Crippen MR) is 65.3 cm³/mol. The number of anilines is 1. The molecule has 0 amide bonds. The molecule has 0 aliphatic heterocycles. The van der Waals surface area contributed by atoms with E-state index in [1.54, 1.807) is 18.2 Å². The third-order valence-corrected chi connectivity index (χ3v) is 2.65. The van der Waals surface area contributed by atoms with Crippen LogP contribution < -0.4 is 5.73 Å². The molecule has 0 aliphatic carbocycles. The van der Waals surface area contributed by atoms with Crippen LogP contribution in [0.15, 0.2) is 18.2 Å². The van der Waals surface area contributed by atoms with E-state index in [2.05, 4.69) is 12.6 Å². The maximum Gasteiger partial charge on any atom is 0.107 e. The van der Waals surface area contributed by atoms with Crippen molar-refractivity contribution in [1.29, 1.82) is 0 Å². The van der Waals surface area contributed by atoms with Gasteiger partial charge in [-0.2, -0.15) is 12.6 Å². The van der Waals surface area contributed by atoms with Gasteiger partial charge in [-0.15, -0.1) is 0 Å². The van der Waals surface area contributed by atoms with E-state index in [-0.39, 0.29) is 0 Å². The van der Waals surface area contributed by atoms with Gasteiger partial charge in [0, 0.05) is 16.3 Å². The standard InChI is InChI=1S/C10H14ClNO2S/c11-6-1-2-7(8(12)5-6)10(14)9(13)3-4-15/h1-2,5,9-10,13-15H,3-4,12H2. The van der Waals surface area contributed by atoms with Gasteiger partial charge >= 0.3 is 0 Å². The quantitative estimate of drug-likeness (QED) is 0.483. The van der Waals surface area contributed by atoms with Crippen molar-refractivity contribution >= 4 is 29.9 Å². The lowest BCUT2D eigenvalue weighted by Gasteiger charge is -2.19. The van der Waals surface area contributed by atoms with Gasteiger partial charge in [0.1, 0.15) is 6.10 Å². The Morgan fingerprint density at radius 1 is 1.40 bits per heavy atom. The van der Waals surface area contributed by atoms with E-state index in [9.17, 15) is 10.2 Å². The fourth-order valence-electron chi connectivity index (χ4n) is 1.31. The Bertz CT molecular complexity index is 335. The monoisotopic (exact) mass is 247 g/mol. The number of nitrogen functional groups attached to an aromatic ring is 1. The number of hydrogen-bond acceptors (Lipinski definition) is 4. The number of halogens is 1. The van der Waals surface area contributed by atoms with Gasteiger partial charge in [0.25, 0.3) is 0 Å². The highest BCUT2D eigenvalue weighted by molar-refractivity contribution is 7.80. The molecule has 0 heterocycles. The van der Waals surface area contributed by atoms with Gasteiger partial charge in [0.2, 0.25) is 0 Å². The molecular formula is C10H14ClNO2S. The minimum absolute atomic E-state index is 0.383. The fourth-order valence-corrected chi connectivity index (χ4v) is 1.76. The summed E-state index contributed by atoms with van der Waals surface area (Å²) in [6, 6.07) is 4.79. The van der Waals surface area contributed by atoms with Gasteiger partial charge in [-0.05, 0) is 24.3 Å². The first kappa shape index (κ1) is 12.6. The summed E-state index contributed by atoms with van der Waals surface area (Å²) < 4.78 is 0. The predicted octanol–water partition coefficient (Wildman–Crippen LogP) is 1.64. The van der Waals surface area contributed by atoms with Crippen LogP contribution in [-0.2, 0) is 0 Å². The lowest BCUT2D eigenvalue weighted by atomic mass is 10.0. The lowest BCUT2D eigenvalue weighted by molar-refractivity contribution is 0.0177. The summed E-state index contributed by atoms with van der Waals surface area (Å²) in [4.78, 5) is 0. The van der Waals surface area contributed by atoms with E-state index in [4.69, 9.17) is 17.3 Å². The van der Waals surface area contributed by atoms with Crippen molar-refractivity contribution < 1.29 is 10.2 Å². The molecule has 3 nitrogen and oxygen atoms in total. The molecule has 0 spiro atoms. The summed E-state index contributed by atoms with van der Waals surface area (Å²) in [6.07, 6.45) is -1.44. The highest BCUT2D eigenvalue weighted by Crippen LogP contribution is 2.27. The first-order chi connectivity index (χ1) is 7.06. The van der Waals surface area contributed by atoms with E-state index in [1.165, 1.54) is 0 Å². The van der Waals surface area contributed by atoms with Crippen LogP contribution >= 0.6 is 24.2 Å². The molecule has 0 saturated heterocycles. The van der Waals surface area contributed by atoms with E-state index in [0.29, 0.717) is 28.4 Å². The SMILES string of the molecule is Nc1cc(Cl)ccc1C(O)C(O)CCS. The molecule has 1 aromatic carbocycles. The summed E-state index contributed by atoms with van der Waals surface area (Å²) >= 11 is 9.71. The first-order valence-corrected chi connectivity index (χ1v) is 5.59. The highest BCUT2D eigenvalue weighted by Gasteiger charge is 2.19. The molecule has 0 fully saturated rings. The zero-order valence-corrected chi connectivity index (χ0v) is 9.75. The maximum atomic E-state index is 9.78. The fraction of sp³-hybridized carbons (Fsp3) is 0.400. The van der Waals surface area contributed by atoms with Crippen molar-refractivity contribution in [1.82, 2.24) is 0 Å². The van der Waals surface area contributed by atoms with Crippen LogP contribution in [0, 0.1) is 0 Å². The van der Waals surface area contributed by atoms with Crippen molar-refractivity contribution in [2.75, 3.05) is 11.5 Å². The molecule has 4 N–H and O–H groups in total. The van der Waals surface area contributed by atoms with Crippen molar-refractivity contribution in [3.63, 3.8) is 0 Å². The molecule has 0 saturated carbocycles. The number of nitrogens with two attached hydrogens (primary N) is 1. The zero-order chi connectivity index (χ0) is 11.4. The highest BCUT2D eigenvalue weighted by atomic mass is 35.5. The molecule has 2 atom stereocenters. The summed E-state index contributed by atoms with van der Waals surface area (Å²) in [7, 11) is 0. The molecule has 0 radical (unpaired) electrons. The van der Waals surface area contributed by atoms with E-state index in [0.717, 1.165) is 0 Å². The lowest BCUT2D eigenvalue weighted by Crippen LogP contribution is -2.19. The Labute approximate surface area is 99.3 Å². The molecule has 84 valence electrons. The minimum Gasteiger partial charge on any atom is -0.398 e. The zero-order valence-electron chi connectivity index (χ0n) is 8.10. The maximum absolute atomic E-state index is 9.78. The van der Waals surface area contributed by atoms with Crippen molar-refractivity contribution in [2.45, 2.75) is 18.6 Å². The Morgan fingerprint density at radius 3 is 2.60 bits per heavy atom. The molecule has 1 aromatic rings. The Kier molecular flexibility index (Phi) is 4.73. The van der Waals surface area contributed by atoms with Crippen molar-refractivity contribution in [3.05, 3.63) is 28.8 Å². The Balaban J connectivity index is 2.86. The van der Waals surface area contributed by atoms with Crippen LogP contribution in [0.1, 0.15) is 18.1 Å². The molecule has 0 aromatic heterocycles. The van der Waals surface area contributed by atoms with Gasteiger partial charge in [-0.1, -0.05) is 17.7 Å². The summed E-state index contributed by atoms with van der Waals surface area (Å²) in [5.74, 6) is 0.506. The van der Waals surface area contributed by atoms with E-state index < -0.39 is 12.2 Å². The van der Waals surface area contributed by atoms with Gasteiger partial charge in [-0.25, -0.2) is 0 Å². The number of aliphatic hydroxyl groups excluding tert-OH is 2. The molecule has 15 heavy (non-hydrogen) atoms. The normalized spacial score (nSPS) is 14.9. The second-order valence-electron chi connectivity index (χ2n) is 3.30. The molecule has 5 heteroatoms. The van der Waals surface area contributed by atoms with Crippen LogP contribution in [0.2, 0.25) is 5.02 Å². The molecular weight excluding hydrogens is 234 g/mol. The number of rotatable bonds is 4. The third kappa shape index (κ3) is 3.28. The topological polar surface area (TPSA) is 66.5 Å². The average molecular weight is 248 g/mol. The third-order valence-electron chi connectivity index (χ3n) is 2.16. The minimum atomic E-state index is -0.991. The number of benzene rings is 1. The van der Waals surface area contributed by atoms with Crippen LogP contribution in [0.3, 0.4) is 0 Å². The van der Waals surface area contributed by atoms with Gasteiger partial charge in [0.15, 0.2) is 0 Å². The number of aliphatic hydroxyl groups is 2. The first-order valence-electron chi connectivity index (χ1n) is 4.58. The Hall–Kier alpha value is -0.420. The largest absolute Gasteiger partial charge is 0.398 e. The Morgan fingerprint density at radius 2 is 2.07 bits per heavy atom. The summed E-state index contributed by atoms with van der Waals surface area (Å²) in [5.41, 5.74) is 6.56. The average Bonchev–Trinajstić information content (AvgIpc) is 2.17. The van der Waals surface area contributed by atoms with Crippen molar-refractivity contribution in [3.8, 4) is 0 Å². The van der Waals surface area contributed by atoms with Gasteiger partial charge < -0.3 is 15.9 Å². The summed E-state index contributed by atoms with van der Waals surface area (Å²) in [5, 5.41) is 19.9. The van der Waals surface area contributed by atoms with Crippen LogP contribution in [0.5, 0.6) is 0 Å². The van der Waals surface area contributed by atoms with Crippen LogP contribution in [0.4, 0.5) is 5.69 Å². The molecule has 1 rings (SSSR count). The van der Waals surface area contributed by atoms with Crippen LogP contribution in [-0.4, -0.2) is 22.1 Å². The van der Waals surface area contributed by atoms with Crippen LogP contribution in [0.25, 0.3) is 0 Å². The number of hydrogen-bond donors (Lipinski definition) is 4. The van der Waals surface area contributed by atoms with Crippen molar-refractivity contribution in [2.24, 2.45) is 0 Å². The molecule has 0 bridgehead atoms.